The summed E-state index contributed by atoms with van der Waals surface area (Å²) in [7, 11) is 1.88. The molecule has 0 saturated heterocycles. The van der Waals surface area contributed by atoms with Crippen molar-refractivity contribution in [3.05, 3.63) is 23.8 Å². The predicted molar refractivity (Wildman–Crippen MR) is 75.3 cm³/mol. The van der Waals surface area contributed by atoms with Crippen molar-refractivity contribution < 1.29 is 9.53 Å². The van der Waals surface area contributed by atoms with E-state index in [2.05, 4.69) is 5.32 Å². The monoisotopic (exact) mass is 263 g/mol. The van der Waals surface area contributed by atoms with Crippen LogP contribution in [0.2, 0.25) is 0 Å². The lowest BCUT2D eigenvalue weighted by Gasteiger charge is -2.41. The molecule has 5 heteroatoms. The first kappa shape index (κ1) is 13.8. The molecule has 0 saturated carbocycles. The topological polar surface area (TPSA) is 67.6 Å². The number of likely N-dealkylation sites (N-methyl/N-ethyl adjacent to an activating group) is 1. The Morgan fingerprint density at radius 1 is 1.47 bits per heavy atom. The van der Waals surface area contributed by atoms with Crippen LogP contribution < -0.4 is 20.7 Å². The minimum atomic E-state index is -0.322. The van der Waals surface area contributed by atoms with Gasteiger partial charge in [0.05, 0.1) is 11.2 Å². The highest BCUT2D eigenvalue weighted by atomic mass is 16.5. The number of nitrogens with two attached hydrogens (primary N) is 1. The Labute approximate surface area is 113 Å². The highest BCUT2D eigenvalue weighted by molar-refractivity contribution is 5.99. The lowest BCUT2D eigenvalue weighted by Crippen LogP contribution is -2.56. The van der Waals surface area contributed by atoms with Gasteiger partial charge in [0.15, 0.2) is 6.61 Å². The SMILES string of the molecule is CNCC(C)(C)N1C(=O)COc2ccc(CN)cc21. The molecule has 1 aromatic carbocycles. The number of carbonyl (C=O) groups excluding carboxylic acids is 1. The Balaban J connectivity index is 2.47. The molecule has 3 N–H and O–H groups in total. The van der Waals surface area contributed by atoms with Gasteiger partial charge >= 0.3 is 0 Å². The van der Waals surface area contributed by atoms with Gasteiger partial charge in [0.2, 0.25) is 0 Å². The van der Waals surface area contributed by atoms with Gasteiger partial charge in [0, 0.05) is 13.1 Å². The molecule has 1 aliphatic rings. The highest BCUT2D eigenvalue weighted by Gasteiger charge is 2.36. The van der Waals surface area contributed by atoms with Crippen LogP contribution in [0.3, 0.4) is 0 Å². The summed E-state index contributed by atoms with van der Waals surface area (Å²) in [6.07, 6.45) is 0. The number of ether oxygens (including phenoxy) is 1. The summed E-state index contributed by atoms with van der Waals surface area (Å²) < 4.78 is 5.49. The second kappa shape index (κ2) is 5.19. The molecule has 1 aromatic rings. The summed E-state index contributed by atoms with van der Waals surface area (Å²) in [5.41, 5.74) is 7.15. The summed E-state index contributed by atoms with van der Waals surface area (Å²) in [6.45, 7) is 5.30. The molecule has 0 unspecified atom stereocenters. The maximum atomic E-state index is 12.2. The summed E-state index contributed by atoms with van der Waals surface area (Å²) in [5.74, 6) is 0.711. The fraction of sp³-hybridized carbons (Fsp3) is 0.500. The Morgan fingerprint density at radius 3 is 2.84 bits per heavy atom. The number of amides is 1. The van der Waals surface area contributed by atoms with Crippen molar-refractivity contribution in [2.24, 2.45) is 5.73 Å². The molecule has 2 rings (SSSR count). The fourth-order valence-corrected chi connectivity index (χ4v) is 2.50. The molecule has 104 valence electrons. The molecule has 0 atom stereocenters. The van der Waals surface area contributed by atoms with Crippen LogP contribution in [0.25, 0.3) is 0 Å². The largest absolute Gasteiger partial charge is 0.482 e. The molecule has 19 heavy (non-hydrogen) atoms. The molecule has 5 nitrogen and oxygen atoms in total. The zero-order valence-electron chi connectivity index (χ0n) is 11.7. The van der Waals surface area contributed by atoms with Crippen molar-refractivity contribution >= 4 is 11.6 Å². The van der Waals surface area contributed by atoms with Gasteiger partial charge in [-0.05, 0) is 38.6 Å². The van der Waals surface area contributed by atoms with Crippen LogP contribution in [-0.2, 0) is 11.3 Å². The van der Waals surface area contributed by atoms with Crippen LogP contribution in [0, 0.1) is 0 Å². The first-order valence-electron chi connectivity index (χ1n) is 6.43. The van der Waals surface area contributed by atoms with E-state index in [0.717, 1.165) is 17.0 Å². The molecule has 0 aromatic heterocycles. The average molecular weight is 263 g/mol. The number of fused-ring (bicyclic) bond motifs is 1. The third kappa shape index (κ3) is 2.57. The molecule has 0 bridgehead atoms. The number of nitrogens with one attached hydrogen (secondary N) is 1. The number of benzene rings is 1. The normalized spacial score (nSPS) is 15.2. The maximum absolute atomic E-state index is 12.2. The van der Waals surface area contributed by atoms with E-state index in [9.17, 15) is 4.79 Å². The van der Waals surface area contributed by atoms with Crippen LogP contribution in [0.4, 0.5) is 5.69 Å². The van der Waals surface area contributed by atoms with Gasteiger partial charge in [-0.1, -0.05) is 6.07 Å². The van der Waals surface area contributed by atoms with E-state index in [1.54, 1.807) is 0 Å². The van der Waals surface area contributed by atoms with Crippen molar-refractivity contribution in [2.75, 3.05) is 25.1 Å². The highest BCUT2D eigenvalue weighted by Crippen LogP contribution is 2.37. The summed E-state index contributed by atoms with van der Waals surface area (Å²) in [6, 6.07) is 5.74. The van der Waals surface area contributed by atoms with E-state index < -0.39 is 0 Å². The Kier molecular flexibility index (Phi) is 3.78. The van der Waals surface area contributed by atoms with E-state index >= 15 is 0 Å². The van der Waals surface area contributed by atoms with E-state index in [0.29, 0.717) is 13.1 Å². The Hall–Kier alpha value is -1.59. The summed E-state index contributed by atoms with van der Waals surface area (Å²) in [5, 5.41) is 3.13. The van der Waals surface area contributed by atoms with E-state index in [4.69, 9.17) is 10.5 Å². The minimum absolute atomic E-state index is 0.0260. The Morgan fingerprint density at radius 2 is 2.21 bits per heavy atom. The summed E-state index contributed by atoms with van der Waals surface area (Å²) >= 11 is 0. The number of anilines is 1. The second-order valence-corrected chi connectivity index (χ2v) is 5.37. The van der Waals surface area contributed by atoms with Crippen molar-refractivity contribution in [1.29, 1.82) is 0 Å². The van der Waals surface area contributed by atoms with Crippen LogP contribution >= 0.6 is 0 Å². The van der Waals surface area contributed by atoms with Crippen LogP contribution in [-0.4, -0.2) is 31.6 Å². The molecule has 0 spiro atoms. The molecule has 1 heterocycles. The van der Waals surface area contributed by atoms with Gasteiger partial charge in [0.25, 0.3) is 5.91 Å². The zero-order valence-corrected chi connectivity index (χ0v) is 11.7. The van der Waals surface area contributed by atoms with Crippen molar-refractivity contribution in [1.82, 2.24) is 5.32 Å². The van der Waals surface area contributed by atoms with Gasteiger partial charge in [-0.2, -0.15) is 0 Å². The smallest absolute Gasteiger partial charge is 0.265 e. The number of nitrogens with zero attached hydrogens (tertiary/aromatic N) is 1. The third-order valence-corrected chi connectivity index (χ3v) is 3.32. The van der Waals surface area contributed by atoms with E-state index in [1.807, 2.05) is 44.0 Å². The quantitative estimate of drug-likeness (QED) is 0.846. The van der Waals surface area contributed by atoms with Crippen molar-refractivity contribution in [2.45, 2.75) is 25.9 Å². The number of hydrogen-bond donors (Lipinski definition) is 2. The van der Waals surface area contributed by atoms with Gasteiger partial charge in [-0.15, -0.1) is 0 Å². The van der Waals surface area contributed by atoms with Gasteiger partial charge in [-0.3, -0.25) is 9.69 Å². The van der Waals surface area contributed by atoms with E-state index in [1.165, 1.54) is 0 Å². The van der Waals surface area contributed by atoms with Gasteiger partial charge < -0.3 is 15.8 Å². The number of hydrogen-bond acceptors (Lipinski definition) is 4. The number of rotatable bonds is 4. The number of carbonyl (C=O) groups is 1. The van der Waals surface area contributed by atoms with Gasteiger partial charge in [0.1, 0.15) is 5.75 Å². The van der Waals surface area contributed by atoms with Crippen molar-refractivity contribution in [3.63, 3.8) is 0 Å². The standard InChI is InChI=1S/C14H21N3O2/c1-14(2,9-16-3)17-11-6-10(7-15)4-5-12(11)19-8-13(17)18/h4-6,16H,7-9,15H2,1-3H3. The average Bonchev–Trinajstić information content (AvgIpc) is 2.37. The molecule has 1 amide bonds. The van der Waals surface area contributed by atoms with Crippen molar-refractivity contribution in [3.8, 4) is 5.75 Å². The van der Waals surface area contributed by atoms with Crippen LogP contribution in [0.1, 0.15) is 19.4 Å². The zero-order chi connectivity index (χ0) is 14.0. The predicted octanol–water partition coefficient (Wildman–Crippen LogP) is 0.869. The lowest BCUT2D eigenvalue weighted by molar-refractivity contribution is -0.122. The maximum Gasteiger partial charge on any atom is 0.265 e. The van der Waals surface area contributed by atoms with Gasteiger partial charge in [-0.25, -0.2) is 0 Å². The molecule has 0 radical (unpaired) electrons. The molecule has 0 aliphatic carbocycles. The molecular weight excluding hydrogens is 242 g/mol. The Bertz CT molecular complexity index is 486. The molecule has 0 fully saturated rings. The third-order valence-electron chi connectivity index (χ3n) is 3.32. The lowest BCUT2D eigenvalue weighted by atomic mass is 9.99. The molecule has 1 aliphatic heterocycles. The first-order chi connectivity index (χ1) is 8.99. The molecular formula is C14H21N3O2. The van der Waals surface area contributed by atoms with Crippen LogP contribution in [0.15, 0.2) is 18.2 Å². The van der Waals surface area contributed by atoms with Crippen LogP contribution in [0.5, 0.6) is 5.75 Å². The van der Waals surface area contributed by atoms with E-state index in [-0.39, 0.29) is 18.1 Å². The minimum Gasteiger partial charge on any atom is -0.482 e. The first-order valence-corrected chi connectivity index (χ1v) is 6.43. The second-order valence-electron chi connectivity index (χ2n) is 5.37. The fourth-order valence-electron chi connectivity index (χ4n) is 2.50. The summed E-state index contributed by atoms with van der Waals surface area (Å²) in [4.78, 5) is 14.0.